The Labute approximate surface area is 95.9 Å². The van der Waals surface area contributed by atoms with Crippen LogP contribution in [-0.2, 0) is 14.3 Å². The number of hydrogen-bond donors (Lipinski definition) is 0. The summed E-state index contributed by atoms with van der Waals surface area (Å²) in [5.41, 5.74) is 0. The van der Waals surface area contributed by atoms with Crippen molar-refractivity contribution in [3.8, 4) is 11.8 Å². The van der Waals surface area contributed by atoms with E-state index < -0.39 is 6.04 Å². The number of methoxy groups -OCH3 is 1. The van der Waals surface area contributed by atoms with E-state index in [2.05, 4.69) is 16.6 Å². The van der Waals surface area contributed by atoms with Crippen molar-refractivity contribution >= 4 is 11.9 Å². The van der Waals surface area contributed by atoms with E-state index in [4.69, 9.17) is 0 Å². The summed E-state index contributed by atoms with van der Waals surface area (Å²) in [7, 11) is 1.34. The Morgan fingerprint density at radius 2 is 2.38 bits per heavy atom. The molecule has 0 radical (unpaired) electrons. The van der Waals surface area contributed by atoms with Crippen molar-refractivity contribution in [1.82, 2.24) is 4.90 Å². The molecule has 0 bridgehead atoms. The Kier molecular flexibility index (Phi) is 4.36. The van der Waals surface area contributed by atoms with Crippen LogP contribution in [0.2, 0.25) is 0 Å². The average Bonchev–Trinajstić information content (AvgIpc) is 2.67. The summed E-state index contributed by atoms with van der Waals surface area (Å²) in [5.74, 6) is 5.52. The van der Waals surface area contributed by atoms with Gasteiger partial charge in [-0.1, -0.05) is 12.8 Å². The van der Waals surface area contributed by atoms with Gasteiger partial charge in [0.05, 0.1) is 13.2 Å². The molecule has 88 valence electrons. The summed E-state index contributed by atoms with van der Waals surface area (Å²) in [6.07, 6.45) is 1.68. The monoisotopic (exact) mass is 223 g/mol. The van der Waals surface area contributed by atoms with E-state index >= 15 is 0 Å². The Hall–Kier alpha value is -1.50. The quantitative estimate of drug-likeness (QED) is 0.517. The first-order valence-corrected chi connectivity index (χ1v) is 5.49. The second kappa shape index (κ2) is 5.55. The lowest BCUT2D eigenvalue weighted by Crippen LogP contribution is -2.44. The predicted octanol–water partition coefficient (Wildman–Crippen LogP) is 0.952. The van der Waals surface area contributed by atoms with Crippen molar-refractivity contribution in [1.29, 1.82) is 0 Å². The molecule has 1 heterocycles. The molecule has 0 saturated carbocycles. The van der Waals surface area contributed by atoms with Gasteiger partial charge in [-0.25, -0.2) is 4.79 Å². The number of amides is 1. The first kappa shape index (κ1) is 12.6. The highest BCUT2D eigenvalue weighted by molar-refractivity contribution is 5.88. The van der Waals surface area contributed by atoms with Gasteiger partial charge in [0.2, 0.25) is 5.91 Å². The molecule has 1 rings (SSSR count). The van der Waals surface area contributed by atoms with E-state index in [1.54, 1.807) is 0 Å². The van der Waals surface area contributed by atoms with Crippen LogP contribution in [0.4, 0.5) is 0 Å². The Bertz CT molecular complexity index is 340. The van der Waals surface area contributed by atoms with Crippen molar-refractivity contribution in [2.75, 3.05) is 7.11 Å². The summed E-state index contributed by atoms with van der Waals surface area (Å²) in [6.45, 7) is 3.78. The molecule has 16 heavy (non-hydrogen) atoms. The van der Waals surface area contributed by atoms with Gasteiger partial charge in [-0.15, -0.1) is 5.92 Å². The first-order chi connectivity index (χ1) is 7.61. The maximum atomic E-state index is 11.7. The number of rotatable bonds is 2. The molecule has 0 aromatic rings. The van der Waals surface area contributed by atoms with E-state index in [-0.39, 0.29) is 17.9 Å². The zero-order valence-electron chi connectivity index (χ0n) is 9.95. The fourth-order valence-electron chi connectivity index (χ4n) is 1.87. The molecule has 0 spiro atoms. The minimum Gasteiger partial charge on any atom is -0.467 e. The van der Waals surface area contributed by atoms with Gasteiger partial charge in [-0.3, -0.25) is 4.79 Å². The van der Waals surface area contributed by atoms with Gasteiger partial charge >= 0.3 is 5.97 Å². The summed E-state index contributed by atoms with van der Waals surface area (Å²) in [4.78, 5) is 24.7. The zero-order valence-corrected chi connectivity index (χ0v) is 9.95. The largest absolute Gasteiger partial charge is 0.467 e. The van der Waals surface area contributed by atoms with Gasteiger partial charge in [-0.05, 0) is 13.3 Å². The maximum Gasteiger partial charge on any atom is 0.328 e. The molecule has 0 aromatic heterocycles. The molecule has 0 aromatic carbocycles. The van der Waals surface area contributed by atoms with Crippen LogP contribution in [-0.4, -0.2) is 36.0 Å². The third kappa shape index (κ3) is 2.54. The molecule has 2 unspecified atom stereocenters. The number of nitrogens with zero attached hydrogens (tertiary/aromatic N) is 1. The van der Waals surface area contributed by atoms with Crippen molar-refractivity contribution in [2.45, 2.75) is 45.2 Å². The summed E-state index contributed by atoms with van der Waals surface area (Å²) < 4.78 is 4.69. The smallest absolute Gasteiger partial charge is 0.328 e. The minimum absolute atomic E-state index is 0.0201. The van der Waals surface area contributed by atoms with Crippen LogP contribution >= 0.6 is 0 Å². The van der Waals surface area contributed by atoms with Crippen LogP contribution in [0.25, 0.3) is 0 Å². The molecule has 0 N–H and O–H groups in total. The number of carbonyl (C=O) groups is 2. The zero-order chi connectivity index (χ0) is 12.1. The van der Waals surface area contributed by atoms with Crippen LogP contribution in [0.15, 0.2) is 0 Å². The van der Waals surface area contributed by atoms with Crippen LogP contribution in [0.5, 0.6) is 0 Å². The molecular weight excluding hydrogens is 206 g/mol. The molecule has 2 atom stereocenters. The van der Waals surface area contributed by atoms with Crippen molar-refractivity contribution in [3.63, 3.8) is 0 Å². The fourth-order valence-corrected chi connectivity index (χ4v) is 1.87. The first-order valence-electron chi connectivity index (χ1n) is 5.49. The number of esters is 1. The Balaban J connectivity index is 2.81. The molecule has 0 aliphatic carbocycles. The number of carbonyl (C=O) groups excluding carboxylic acids is 2. The fraction of sp³-hybridized carbons (Fsp3) is 0.667. The Morgan fingerprint density at radius 1 is 1.69 bits per heavy atom. The number of likely N-dealkylation sites (tertiary alicyclic amines) is 1. The molecule has 1 fully saturated rings. The standard InChI is InChI=1S/C12H17NO3/c1-4-5-6-9(2)13-10(12(15)16-3)7-8-11(13)14/h9-10H,4,7-8H2,1-3H3. The summed E-state index contributed by atoms with van der Waals surface area (Å²) in [6, 6.07) is -0.683. The summed E-state index contributed by atoms with van der Waals surface area (Å²) >= 11 is 0. The van der Waals surface area contributed by atoms with E-state index in [9.17, 15) is 9.59 Å². The van der Waals surface area contributed by atoms with Crippen LogP contribution in [0.1, 0.15) is 33.1 Å². The molecule has 1 aliphatic rings. The van der Waals surface area contributed by atoms with E-state index in [1.165, 1.54) is 12.0 Å². The lowest BCUT2D eigenvalue weighted by Gasteiger charge is -2.25. The molecule has 4 heteroatoms. The van der Waals surface area contributed by atoms with Gasteiger partial charge < -0.3 is 9.64 Å². The van der Waals surface area contributed by atoms with Crippen LogP contribution < -0.4 is 0 Å². The van der Waals surface area contributed by atoms with Gasteiger partial charge in [0.25, 0.3) is 0 Å². The molecule has 1 amide bonds. The van der Waals surface area contributed by atoms with Crippen LogP contribution in [0, 0.1) is 11.8 Å². The molecular formula is C12H17NO3. The normalized spacial score (nSPS) is 21.3. The SMILES string of the molecule is CCC#CC(C)N1C(=O)CCC1C(=O)OC. The lowest BCUT2D eigenvalue weighted by atomic mass is 10.2. The average molecular weight is 223 g/mol. The second-order valence-electron chi connectivity index (χ2n) is 3.73. The van der Waals surface area contributed by atoms with E-state index in [0.717, 1.165) is 6.42 Å². The molecule has 4 nitrogen and oxygen atoms in total. The number of ether oxygens (including phenoxy) is 1. The van der Waals surface area contributed by atoms with E-state index in [0.29, 0.717) is 12.8 Å². The molecule has 1 aliphatic heterocycles. The topological polar surface area (TPSA) is 46.6 Å². The van der Waals surface area contributed by atoms with Gasteiger partial charge in [0.1, 0.15) is 6.04 Å². The molecule has 1 saturated heterocycles. The highest BCUT2D eigenvalue weighted by atomic mass is 16.5. The summed E-state index contributed by atoms with van der Waals surface area (Å²) in [5, 5.41) is 0. The van der Waals surface area contributed by atoms with Crippen molar-refractivity contribution in [2.24, 2.45) is 0 Å². The Morgan fingerprint density at radius 3 is 2.94 bits per heavy atom. The van der Waals surface area contributed by atoms with Crippen molar-refractivity contribution < 1.29 is 14.3 Å². The second-order valence-corrected chi connectivity index (χ2v) is 3.73. The minimum atomic E-state index is -0.460. The third-order valence-corrected chi connectivity index (χ3v) is 2.63. The maximum absolute atomic E-state index is 11.7. The van der Waals surface area contributed by atoms with Crippen molar-refractivity contribution in [3.05, 3.63) is 0 Å². The third-order valence-electron chi connectivity index (χ3n) is 2.63. The lowest BCUT2D eigenvalue weighted by molar-refractivity contribution is -0.149. The van der Waals surface area contributed by atoms with Gasteiger partial charge in [0.15, 0.2) is 0 Å². The van der Waals surface area contributed by atoms with E-state index in [1.807, 2.05) is 13.8 Å². The van der Waals surface area contributed by atoms with Gasteiger partial charge in [-0.2, -0.15) is 0 Å². The van der Waals surface area contributed by atoms with Gasteiger partial charge in [0, 0.05) is 12.8 Å². The highest BCUT2D eigenvalue weighted by Crippen LogP contribution is 2.22. The number of hydrogen-bond acceptors (Lipinski definition) is 3. The van der Waals surface area contributed by atoms with Crippen LogP contribution in [0.3, 0.4) is 0 Å². The predicted molar refractivity (Wildman–Crippen MR) is 59.4 cm³/mol. The highest BCUT2D eigenvalue weighted by Gasteiger charge is 2.38.